The van der Waals surface area contributed by atoms with Gasteiger partial charge in [-0.15, -0.1) is 0 Å². The number of non-ortho nitro benzene ring substituents is 1. The number of carbonyl (C=O) groups is 1. The fourth-order valence-corrected chi connectivity index (χ4v) is 2.14. The molecule has 1 fully saturated rings. The molecule has 1 aliphatic rings. The first-order valence-corrected chi connectivity index (χ1v) is 6.38. The molecule has 1 aromatic carbocycles. The molecule has 1 amide bonds. The zero-order valence-electron chi connectivity index (χ0n) is 10.5. The number of nitrogens with zero attached hydrogens (tertiary/aromatic N) is 1. The molecule has 1 aliphatic carbocycles. The second-order valence-corrected chi connectivity index (χ2v) is 5.25. The molecule has 0 radical (unpaired) electrons. The molecule has 0 aliphatic heterocycles. The number of amides is 1. The molecule has 8 heteroatoms. The maximum absolute atomic E-state index is 11.4. The molecule has 108 valence electrons. The molecule has 0 heterocycles. The molecule has 1 atom stereocenters. The Balaban J connectivity index is 2.10. The van der Waals surface area contributed by atoms with Crippen molar-refractivity contribution in [1.82, 2.24) is 0 Å². The van der Waals surface area contributed by atoms with E-state index in [2.05, 4.69) is 0 Å². The van der Waals surface area contributed by atoms with Gasteiger partial charge >= 0.3 is 0 Å². The first-order valence-electron chi connectivity index (χ1n) is 6.00. The average molecular weight is 300 g/mol. The molecule has 7 nitrogen and oxygen atoms in total. The van der Waals surface area contributed by atoms with E-state index in [1.807, 2.05) is 0 Å². The SMILES string of the molecule is NC(=O)C(N)(COc1ccc([N+](=O)[O-])cc1Cl)C1CC1. The molecule has 1 unspecified atom stereocenters. The summed E-state index contributed by atoms with van der Waals surface area (Å²) in [7, 11) is 0. The first kappa shape index (κ1) is 14.5. The van der Waals surface area contributed by atoms with Gasteiger partial charge in [-0.3, -0.25) is 14.9 Å². The lowest BCUT2D eigenvalue weighted by atomic mass is 9.95. The molecule has 2 rings (SSSR count). The largest absolute Gasteiger partial charge is 0.490 e. The van der Waals surface area contributed by atoms with Gasteiger partial charge in [0.25, 0.3) is 5.69 Å². The number of rotatable bonds is 6. The standard InChI is InChI=1S/C12H14ClN3O4/c13-9-5-8(16(18)19)3-4-10(9)20-6-12(15,11(14)17)7-1-2-7/h3-5,7H,1-2,6,15H2,(H2,14,17). The number of ether oxygens (including phenoxy) is 1. The minimum atomic E-state index is -1.23. The van der Waals surface area contributed by atoms with Crippen molar-refractivity contribution in [2.45, 2.75) is 18.4 Å². The molecular formula is C12H14ClN3O4. The van der Waals surface area contributed by atoms with Crippen molar-refractivity contribution in [2.24, 2.45) is 17.4 Å². The lowest BCUT2D eigenvalue weighted by Gasteiger charge is -2.25. The van der Waals surface area contributed by atoms with Crippen LogP contribution in [0.15, 0.2) is 18.2 Å². The zero-order valence-corrected chi connectivity index (χ0v) is 11.3. The highest BCUT2D eigenvalue weighted by Crippen LogP contribution is 2.39. The number of nitro benzene ring substituents is 1. The number of carbonyl (C=O) groups excluding carboxylic acids is 1. The van der Waals surface area contributed by atoms with Gasteiger partial charge in [0.1, 0.15) is 17.9 Å². The van der Waals surface area contributed by atoms with Gasteiger partial charge in [-0.05, 0) is 24.8 Å². The Morgan fingerprint density at radius 1 is 1.55 bits per heavy atom. The van der Waals surface area contributed by atoms with E-state index < -0.39 is 16.4 Å². The van der Waals surface area contributed by atoms with Crippen LogP contribution in [0.5, 0.6) is 5.75 Å². The summed E-state index contributed by atoms with van der Waals surface area (Å²) in [5.74, 6) is -0.385. The number of benzene rings is 1. The summed E-state index contributed by atoms with van der Waals surface area (Å²) < 4.78 is 5.42. The fourth-order valence-electron chi connectivity index (χ4n) is 1.91. The lowest BCUT2D eigenvalue weighted by Crippen LogP contribution is -2.58. The monoisotopic (exact) mass is 299 g/mol. The Morgan fingerprint density at radius 3 is 2.65 bits per heavy atom. The third-order valence-corrected chi connectivity index (χ3v) is 3.65. The van der Waals surface area contributed by atoms with E-state index in [1.165, 1.54) is 18.2 Å². The first-order chi connectivity index (χ1) is 9.34. The van der Waals surface area contributed by atoms with Crippen LogP contribution >= 0.6 is 11.6 Å². The van der Waals surface area contributed by atoms with E-state index >= 15 is 0 Å². The highest BCUT2D eigenvalue weighted by Gasteiger charge is 2.47. The Hall–Kier alpha value is -1.86. The smallest absolute Gasteiger partial charge is 0.271 e. The number of halogens is 1. The van der Waals surface area contributed by atoms with Gasteiger partial charge in [0, 0.05) is 12.1 Å². The van der Waals surface area contributed by atoms with Crippen LogP contribution in [-0.4, -0.2) is 23.0 Å². The van der Waals surface area contributed by atoms with E-state index in [0.717, 1.165) is 12.8 Å². The Labute approximate surface area is 120 Å². The topological polar surface area (TPSA) is 121 Å². The van der Waals surface area contributed by atoms with E-state index in [-0.39, 0.29) is 29.0 Å². The fraction of sp³-hybridized carbons (Fsp3) is 0.417. The molecule has 20 heavy (non-hydrogen) atoms. The normalized spacial score (nSPS) is 17.3. The van der Waals surface area contributed by atoms with Gasteiger partial charge in [0.05, 0.1) is 9.95 Å². The predicted molar refractivity (Wildman–Crippen MR) is 72.4 cm³/mol. The second-order valence-electron chi connectivity index (χ2n) is 4.84. The van der Waals surface area contributed by atoms with Crippen LogP contribution < -0.4 is 16.2 Å². The summed E-state index contributed by atoms with van der Waals surface area (Å²) in [5.41, 5.74) is 9.91. The van der Waals surface area contributed by atoms with Crippen molar-refractivity contribution >= 4 is 23.2 Å². The van der Waals surface area contributed by atoms with Crippen molar-refractivity contribution in [3.8, 4) is 5.75 Å². The maximum atomic E-state index is 11.4. The number of hydrogen-bond acceptors (Lipinski definition) is 5. The van der Waals surface area contributed by atoms with Gasteiger partial charge in [-0.25, -0.2) is 0 Å². The molecule has 0 aromatic heterocycles. The third kappa shape index (κ3) is 2.83. The number of hydrogen-bond donors (Lipinski definition) is 2. The average Bonchev–Trinajstić information content (AvgIpc) is 3.20. The Kier molecular flexibility index (Phi) is 3.82. The van der Waals surface area contributed by atoms with Crippen LogP contribution in [0.3, 0.4) is 0 Å². The van der Waals surface area contributed by atoms with Crippen molar-refractivity contribution in [3.63, 3.8) is 0 Å². The molecule has 4 N–H and O–H groups in total. The quantitative estimate of drug-likeness (QED) is 0.604. The van der Waals surface area contributed by atoms with Crippen LogP contribution in [0.2, 0.25) is 5.02 Å². The van der Waals surface area contributed by atoms with Crippen LogP contribution in [-0.2, 0) is 4.79 Å². The van der Waals surface area contributed by atoms with E-state index in [4.69, 9.17) is 27.8 Å². The van der Waals surface area contributed by atoms with Crippen molar-refractivity contribution in [2.75, 3.05) is 6.61 Å². The molecule has 0 bridgehead atoms. The van der Waals surface area contributed by atoms with Gasteiger partial charge in [-0.2, -0.15) is 0 Å². The van der Waals surface area contributed by atoms with Crippen molar-refractivity contribution < 1.29 is 14.5 Å². The van der Waals surface area contributed by atoms with E-state index in [1.54, 1.807) is 0 Å². The Bertz CT molecular complexity index is 562. The van der Waals surface area contributed by atoms with Crippen molar-refractivity contribution in [3.05, 3.63) is 33.3 Å². The summed E-state index contributed by atoms with van der Waals surface area (Å²) in [6, 6.07) is 3.81. The van der Waals surface area contributed by atoms with Crippen LogP contribution in [0.1, 0.15) is 12.8 Å². The maximum Gasteiger partial charge on any atom is 0.271 e. The molecule has 1 aromatic rings. The summed E-state index contributed by atoms with van der Waals surface area (Å²) >= 11 is 5.89. The van der Waals surface area contributed by atoms with Crippen LogP contribution in [0.25, 0.3) is 0 Å². The van der Waals surface area contributed by atoms with Gasteiger partial charge in [0.2, 0.25) is 5.91 Å². The zero-order chi connectivity index (χ0) is 14.9. The van der Waals surface area contributed by atoms with Crippen molar-refractivity contribution in [1.29, 1.82) is 0 Å². The summed E-state index contributed by atoms with van der Waals surface area (Å²) in [5, 5.41) is 10.7. The number of nitrogens with two attached hydrogens (primary N) is 2. The number of primary amides is 1. The number of nitro groups is 1. The van der Waals surface area contributed by atoms with E-state index in [9.17, 15) is 14.9 Å². The minimum Gasteiger partial charge on any atom is -0.490 e. The molecule has 0 saturated heterocycles. The van der Waals surface area contributed by atoms with Gasteiger partial charge < -0.3 is 16.2 Å². The molecular weight excluding hydrogens is 286 g/mol. The summed E-state index contributed by atoms with van der Waals surface area (Å²) in [6.07, 6.45) is 1.66. The van der Waals surface area contributed by atoms with E-state index in [0.29, 0.717) is 0 Å². The molecule has 1 saturated carbocycles. The minimum absolute atomic E-state index is 0.0109. The van der Waals surface area contributed by atoms with Gasteiger partial charge in [-0.1, -0.05) is 11.6 Å². The van der Waals surface area contributed by atoms with Crippen LogP contribution in [0.4, 0.5) is 5.69 Å². The highest BCUT2D eigenvalue weighted by atomic mass is 35.5. The predicted octanol–water partition coefficient (Wildman–Crippen LogP) is 1.22. The second kappa shape index (κ2) is 5.26. The highest BCUT2D eigenvalue weighted by molar-refractivity contribution is 6.32. The third-order valence-electron chi connectivity index (χ3n) is 3.36. The lowest BCUT2D eigenvalue weighted by molar-refractivity contribution is -0.384. The van der Waals surface area contributed by atoms with Crippen LogP contribution in [0, 0.1) is 16.0 Å². The Morgan fingerprint density at radius 2 is 2.20 bits per heavy atom. The molecule has 0 spiro atoms. The van der Waals surface area contributed by atoms with Gasteiger partial charge in [0.15, 0.2) is 0 Å². The summed E-state index contributed by atoms with van der Waals surface area (Å²) in [6.45, 7) is -0.107. The summed E-state index contributed by atoms with van der Waals surface area (Å²) in [4.78, 5) is 21.5.